The normalized spacial score (nSPS) is 35.4. The maximum atomic E-state index is 12.4. The predicted molar refractivity (Wildman–Crippen MR) is 65.3 cm³/mol. The quantitative estimate of drug-likeness (QED) is 0.739. The van der Waals surface area contributed by atoms with Crippen LogP contribution in [0.4, 0.5) is 0 Å². The first kappa shape index (κ1) is 13.5. The van der Waals surface area contributed by atoms with Gasteiger partial charge in [0.05, 0.1) is 31.3 Å². The van der Waals surface area contributed by atoms with Gasteiger partial charge in [-0.25, -0.2) is 0 Å². The van der Waals surface area contributed by atoms with E-state index in [2.05, 4.69) is 0 Å². The molecular formula is C11H22NO4P. The molecule has 100 valence electrons. The van der Waals surface area contributed by atoms with E-state index < -0.39 is 19.1 Å². The number of aliphatic hydroxyl groups is 1. The first-order chi connectivity index (χ1) is 8.09. The van der Waals surface area contributed by atoms with Gasteiger partial charge >= 0.3 is 0 Å². The summed E-state index contributed by atoms with van der Waals surface area (Å²) in [6.07, 6.45) is 2.88. The fourth-order valence-corrected chi connectivity index (χ4v) is 5.03. The highest BCUT2D eigenvalue weighted by molar-refractivity contribution is 7.58. The third-order valence-electron chi connectivity index (χ3n) is 3.72. The fourth-order valence-electron chi connectivity index (χ4n) is 2.70. The van der Waals surface area contributed by atoms with E-state index in [9.17, 15) is 14.6 Å². The highest BCUT2D eigenvalue weighted by atomic mass is 31.2. The van der Waals surface area contributed by atoms with Gasteiger partial charge in [-0.15, -0.1) is 0 Å². The van der Waals surface area contributed by atoms with Gasteiger partial charge in [-0.1, -0.05) is 12.8 Å². The number of morpholine rings is 1. The average Bonchev–Trinajstić information content (AvgIpc) is 2.30. The third-order valence-corrected chi connectivity index (χ3v) is 6.16. The maximum absolute atomic E-state index is 12.4. The summed E-state index contributed by atoms with van der Waals surface area (Å²) in [5.74, 6) is 0. The zero-order valence-electron chi connectivity index (χ0n) is 10.1. The molecule has 0 aromatic rings. The van der Waals surface area contributed by atoms with Gasteiger partial charge in [0, 0.05) is 13.1 Å². The molecule has 0 aromatic heterocycles. The molecule has 0 amide bonds. The van der Waals surface area contributed by atoms with E-state index in [-0.39, 0.29) is 6.29 Å². The Balaban J connectivity index is 1.94. The van der Waals surface area contributed by atoms with Crippen molar-refractivity contribution in [2.24, 2.45) is 0 Å². The van der Waals surface area contributed by atoms with Gasteiger partial charge in [0.15, 0.2) is 0 Å². The molecule has 2 aliphatic rings. The number of hydrogen-bond donors (Lipinski definition) is 2. The molecular weight excluding hydrogens is 241 g/mol. The molecule has 1 saturated carbocycles. The molecule has 1 saturated heterocycles. The second-order valence-electron chi connectivity index (χ2n) is 5.05. The van der Waals surface area contributed by atoms with Crippen LogP contribution >= 0.6 is 7.37 Å². The molecule has 2 rings (SSSR count). The molecule has 1 aliphatic heterocycles. The van der Waals surface area contributed by atoms with Crippen LogP contribution in [0.25, 0.3) is 0 Å². The molecule has 1 unspecified atom stereocenters. The minimum Gasteiger partial charge on any atom is -0.392 e. The Hall–Kier alpha value is 0.0700. The molecule has 6 heteroatoms. The van der Waals surface area contributed by atoms with Crippen molar-refractivity contribution >= 4 is 7.37 Å². The molecule has 17 heavy (non-hydrogen) atoms. The second kappa shape index (κ2) is 5.81. The van der Waals surface area contributed by atoms with E-state index in [0.717, 1.165) is 12.8 Å². The first-order valence-corrected chi connectivity index (χ1v) is 8.31. The van der Waals surface area contributed by atoms with Crippen LogP contribution in [0, 0.1) is 0 Å². The lowest BCUT2D eigenvalue weighted by atomic mass is 9.97. The topological polar surface area (TPSA) is 70.0 Å². The van der Waals surface area contributed by atoms with E-state index in [1.807, 2.05) is 4.90 Å². The van der Waals surface area contributed by atoms with Gasteiger partial charge < -0.3 is 14.7 Å². The van der Waals surface area contributed by atoms with Crippen molar-refractivity contribution in [1.82, 2.24) is 4.90 Å². The van der Waals surface area contributed by atoms with E-state index >= 15 is 0 Å². The molecule has 0 bridgehead atoms. The summed E-state index contributed by atoms with van der Waals surface area (Å²) in [5, 5.41) is 9.86. The van der Waals surface area contributed by atoms with Crippen LogP contribution in [-0.2, 0) is 9.30 Å². The van der Waals surface area contributed by atoms with Gasteiger partial charge in [-0.05, 0) is 12.8 Å². The highest BCUT2D eigenvalue weighted by Crippen LogP contribution is 2.52. The van der Waals surface area contributed by atoms with Crippen LogP contribution in [0.1, 0.15) is 25.7 Å². The summed E-state index contributed by atoms with van der Waals surface area (Å²) in [7, 11) is -3.27. The van der Waals surface area contributed by atoms with Crippen molar-refractivity contribution in [2.75, 3.05) is 32.6 Å². The molecule has 3 atom stereocenters. The molecule has 2 fully saturated rings. The Morgan fingerprint density at radius 3 is 2.53 bits per heavy atom. The Kier molecular flexibility index (Phi) is 4.61. The summed E-state index contributed by atoms with van der Waals surface area (Å²) >= 11 is 0. The summed E-state index contributed by atoms with van der Waals surface area (Å²) in [5.41, 5.74) is -0.418. The van der Waals surface area contributed by atoms with Gasteiger partial charge in [0.2, 0.25) is 7.37 Å². The number of ether oxygens (including phenoxy) is 1. The third kappa shape index (κ3) is 3.52. The van der Waals surface area contributed by atoms with Gasteiger partial charge in [-0.2, -0.15) is 0 Å². The monoisotopic (exact) mass is 263 g/mol. The number of aliphatic hydroxyl groups excluding tert-OH is 1. The largest absolute Gasteiger partial charge is 0.392 e. The zero-order valence-corrected chi connectivity index (χ0v) is 11.0. The Morgan fingerprint density at radius 2 is 1.88 bits per heavy atom. The Morgan fingerprint density at radius 1 is 1.24 bits per heavy atom. The minimum absolute atomic E-state index is 0.206. The van der Waals surface area contributed by atoms with E-state index in [1.165, 1.54) is 0 Å². The van der Waals surface area contributed by atoms with Crippen molar-refractivity contribution in [3.8, 4) is 0 Å². The predicted octanol–water partition coefficient (Wildman–Crippen LogP) is 0.850. The molecule has 1 heterocycles. The van der Waals surface area contributed by atoms with E-state index in [1.54, 1.807) is 0 Å². The number of hydrogen-bond acceptors (Lipinski definition) is 4. The molecule has 1 aliphatic carbocycles. The van der Waals surface area contributed by atoms with Crippen LogP contribution in [0.2, 0.25) is 0 Å². The lowest BCUT2D eigenvalue weighted by molar-refractivity contribution is 0.0444. The van der Waals surface area contributed by atoms with Gasteiger partial charge in [-0.3, -0.25) is 9.46 Å². The molecule has 2 N–H and O–H groups in total. The first-order valence-electron chi connectivity index (χ1n) is 6.39. The average molecular weight is 263 g/mol. The maximum Gasteiger partial charge on any atom is 0.219 e. The van der Waals surface area contributed by atoms with Crippen molar-refractivity contribution in [3.05, 3.63) is 0 Å². The van der Waals surface area contributed by atoms with Crippen molar-refractivity contribution in [2.45, 2.75) is 37.4 Å². The van der Waals surface area contributed by atoms with Gasteiger partial charge in [0.25, 0.3) is 0 Å². The summed E-state index contributed by atoms with van der Waals surface area (Å²) in [6.45, 7) is 2.70. The van der Waals surface area contributed by atoms with Gasteiger partial charge in [0.1, 0.15) is 0 Å². The molecule has 0 aromatic carbocycles. The molecule has 0 radical (unpaired) electrons. The van der Waals surface area contributed by atoms with E-state index in [4.69, 9.17) is 4.74 Å². The summed E-state index contributed by atoms with van der Waals surface area (Å²) in [4.78, 5) is 12.2. The minimum atomic E-state index is -3.27. The zero-order chi connectivity index (χ0) is 12.3. The second-order valence-corrected chi connectivity index (χ2v) is 7.50. The standard InChI is InChI=1S/C11H22NO4P/c13-10-3-1-2-4-11(10)17(14,15)9-12-5-7-16-8-6-12/h10-11,13H,1-9H2,(H,14,15)/t10-,11+/m1/s1. The Labute approximate surface area is 102 Å². The highest BCUT2D eigenvalue weighted by Gasteiger charge is 2.39. The van der Waals surface area contributed by atoms with Crippen LogP contribution in [-0.4, -0.2) is 59.3 Å². The lowest BCUT2D eigenvalue weighted by Gasteiger charge is -2.35. The molecule has 5 nitrogen and oxygen atoms in total. The fraction of sp³-hybridized carbons (Fsp3) is 1.00. The summed E-state index contributed by atoms with van der Waals surface area (Å²) in [6, 6.07) is 0. The van der Waals surface area contributed by atoms with E-state index in [0.29, 0.717) is 39.1 Å². The van der Waals surface area contributed by atoms with Crippen LogP contribution < -0.4 is 0 Å². The van der Waals surface area contributed by atoms with Crippen molar-refractivity contribution in [3.63, 3.8) is 0 Å². The lowest BCUT2D eigenvalue weighted by Crippen LogP contribution is -2.39. The number of nitrogens with zero attached hydrogens (tertiary/aromatic N) is 1. The summed E-state index contributed by atoms with van der Waals surface area (Å²) < 4.78 is 17.6. The van der Waals surface area contributed by atoms with Crippen LogP contribution in [0.5, 0.6) is 0 Å². The van der Waals surface area contributed by atoms with Crippen molar-refractivity contribution < 1.29 is 19.3 Å². The van der Waals surface area contributed by atoms with Crippen molar-refractivity contribution in [1.29, 1.82) is 0 Å². The SMILES string of the molecule is O=P(O)(CN1CCOCC1)[C@H]1CCCC[C@H]1O. The smallest absolute Gasteiger partial charge is 0.219 e. The van der Waals surface area contributed by atoms with Crippen LogP contribution in [0.15, 0.2) is 0 Å². The molecule has 0 spiro atoms. The van der Waals surface area contributed by atoms with Crippen LogP contribution in [0.3, 0.4) is 0 Å². The Bertz CT molecular complexity index is 293. The number of rotatable bonds is 3.